The molecule has 1 saturated heterocycles. The maximum Gasteiger partial charge on any atom is 0.306 e. The average molecular weight is 861 g/mol. The van der Waals surface area contributed by atoms with E-state index < -0.39 is 49.4 Å². The Balaban J connectivity index is 2.31. The molecule has 0 bridgehead atoms. The van der Waals surface area contributed by atoms with Crippen LogP contribution in [0.15, 0.2) is 60.8 Å². The highest BCUT2D eigenvalue weighted by Crippen LogP contribution is 2.22. The molecule has 1 heterocycles. The molecule has 0 aromatic rings. The number of aliphatic hydroxyl groups is 4. The molecule has 0 amide bonds. The highest BCUT2D eigenvalue weighted by atomic mass is 16.7. The Morgan fingerprint density at radius 2 is 0.918 bits per heavy atom. The largest absolute Gasteiger partial charge is 0.462 e. The van der Waals surface area contributed by atoms with Crippen LogP contribution in [0.5, 0.6) is 0 Å². The molecule has 1 aliphatic heterocycles. The second kappa shape index (κ2) is 41.4. The molecule has 2 unspecified atom stereocenters. The van der Waals surface area contributed by atoms with Gasteiger partial charge in [0.15, 0.2) is 12.4 Å². The summed E-state index contributed by atoms with van der Waals surface area (Å²) in [6.07, 6.45) is 43.6. The summed E-state index contributed by atoms with van der Waals surface area (Å²) in [6.45, 7) is 3.35. The molecule has 352 valence electrons. The monoisotopic (exact) mass is 861 g/mol. The fourth-order valence-electron chi connectivity index (χ4n) is 6.99. The van der Waals surface area contributed by atoms with E-state index in [2.05, 4.69) is 74.6 Å². The summed E-state index contributed by atoms with van der Waals surface area (Å²) >= 11 is 0. The van der Waals surface area contributed by atoms with Crippen molar-refractivity contribution < 1.29 is 49.0 Å². The van der Waals surface area contributed by atoms with Gasteiger partial charge in [0.1, 0.15) is 31.0 Å². The molecular weight excluding hydrogens is 773 g/mol. The quantitative estimate of drug-likeness (QED) is 0.0266. The number of rotatable bonds is 40. The highest BCUT2D eigenvalue weighted by Gasteiger charge is 2.44. The topological polar surface area (TPSA) is 152 Å². The molecule has 1 rings (SSSR count). The number of esters is 2. The van der Waals surface area contributed by atoms with Gasteiger partial charge in [0.25, 0.3) is 0 Å². The summed E-state index contributed by atoms with van der Waals surface area (Å²) in [5.74, 6) is -0.837. The van der Waals surface area contributed by atoms with Gasteiger partial charge in [0, 0.05) is 12.8 Å². The molecule has 0 radical (unpaired) electrons. The lowest BCUT2D eigenvalue weighted by Crippen LogP contribution is -2.59. The lowest BCUT2D eigenvalue weighted by atomic mass is 9.99. The summed E-state index contributed by atoms with van der Waals surface area (Å²) < 4.78 is 22.2. The van der Waals surface area contributed by atoms with E-state index in [0.717, 1.165) is 77.0 Å². The molecule has 10 heteroatoms. The lowest BCUT2D eigenvalue weighted by Gasteiger charge is -2.39. The third-order valence-electron chi connectivity index (χ3n) is 10.9. The van der Waals surface area contributed by atoms with Crippen LogP contribution in [-0.2, 0) is 28.5 Å². The molecule has 0 saturated carbocycles. The van der Waals surface area contributed by atoms with Crippen molar-refractivity contribution >= 4 is 11.9 Å². The van der Waals surface area contributed by atoms with Crippen molar-refractivity contribution in [1.29, 1.82) is 0 Å². The van der Waals surface area contributed by atoms with E-state index in [0.29, 0.717) is 6.42 Å². The summed E-state index contributed by atoms with van der Waals surface area (Å²) in [5, 5.41) is 40.1. The predicted octanol–water partition coefficient (Wildman–Crippen LogP) is 11.0. The first-order chi connectivity index (χ1) is 29.8. The first kappa shape index (κ1) is 56.4. The Labute approximate surface area is 370 Å². The Hall–Kier alpha value is -2.60. The Morgan fingerprint density at radius 3 is 1.38 bits per heavy atom. The van der Waals surface area contributed by atoms with Gasteiger partial charge in [-0.2, -0.15) is 0 Å². The number of unbranched alkanes of at least 4 members (excludes halogenated alkanes) is 19. The van der Waals surface area contributed by atoms with E-state index in [1.807, 2.05) is 0 Å². The van der Waals surface area contributed by atoms with Gasteiger partial charge >= 0.3 is 11.9 Å². The minimum atomic E-state index is -1.60. The van der Waals surface area contributed by atoms with Crippen LogP contribution < -0.4 is 0 Å². The van der Waals surface area contributed by atoms with Gasteiger partial charge in [-0.05, 0) is 83.5 Å². The zero-order valence-corrected chi connectivity index (χ0v) is 38.4. The highest BCUT2D eigenvalue weighted by molar-refractivity contribution is 5.70. The number of aliphatic hydroxyl groups excluding tert-OH is 4. The first-order valence-electron chi connectivity index (χ1n) is 24.4. The van der Waals surface area contributed by atoms with Crippen molar-refractivity contribution in [3.63, 3.8) is 0 Å². The maximum absolute atomic E-state index is 12.8. The molecule has 61 heavy (non-hydrogen) atoms. The standard InChI is InChI=1S/C51H88O10/c1-3-5-7-9-11-13-15-17-19-21-22-24-25-27-29-31-33-35-37-39-46(53)58-42-44(43-59-51-50(57)49(56)48(55)45(41-52)61-51)60-47(54)40-38-36-34-32-30-28-26-23-20-18-16-14-12-10-8-6-4-2/h11-14,17-20,26,28,44-45,48-52,55-57H,3-10,15-16,21-25,27,29-43H2,1-2H3/b13-11+,14-12+,19-17+,20-18+,28-26+/t44-,45-,48+,49?,50?,51-/m0/s1. The molecule has 1 aliphatic rings. The van der Waals surface area contributed by atoms with E-state index in [1.165, 1.54) is 83.5 Å². The first-order valence-corrected chi connectivity index (χ1v) is 24.4. The normalized spacial score (nSPS) is 20.3. The molecular formula is C51H88O10. The fraction of sp³-hybridized carbons (Fsp3) is 0.765. The Bertz CT molecular complexity index is 1180. The molecule has 10 nitrogen and oxygen atoms in total. The van der Waals surface area contributed by atoms with Gasteiger partial charge in [-0.3, -0.25) is 9.59 Å². The van der Waals surface area contributed by atoms with Crippen molar-refractivity contribution in [2.24, 2.45) is 0 Å². The van der Waals surface area contributed by atoms with E-state index >= 15 is 0 Å². The number of hydrogen-bond acceptors (Lipinski definition) is 10. The molecule has 0 aliphatic carbocycles. The van der Waals surface area contributed by atoms with Crippen LogP contribution in [-0.4, -0.2) is 89.0 Å². The summed E-state index contributed by atoms with van der Waals surface area (Å²) in [5.41, 5.74) is 0. The van der Waals surface area contributed by atoms with Crippen LogP contribution in [0.25, 0.3) is 0 Å². The minimum Gasteiger partial charge on any atom is -0.462 e. The Morgan fingerprint density at radius 1 is 0.508 bits per heavy atom. The van der Waals surface area contributed by atoms with Crippen LogP contribution in [0.3, 0.4) is 0 Å². The van der Waals surface area contributed by atoms with Crippen LogP contribution in [0.1, 0.15) is 194 Å². The SMILES string of the molecule is CCCCC/C=C/C/C=C/C/C=C/CCCCCCC(=O)O[C@@H](COC(=O)CCCCCCCCCCC/C=C/C/C=C/CCCCC)CO[C@H]1O[C@@H](CO)[C@@H](O)C(O)C1O. The smallest absolute Gasteiger partial charge is 0.306 e. The maximum atomic E-state index is 12.8. The van der Waals surface area contributed by atoms with Crippen molar-refractivity contribution in [3.05, 3.63) is 60.8 Å². The minimum absolute atomic E-state index is 0.201. The van der Waals surface area contributed by atoms with Gasteiger partial charge < -0.3 is 39.4 Å². The second-order valence-corrected chi connectivity index (χ2v) is 16.6. The third-order valence-corrected chi connectivity index (χ3v) is 10.9. The van der Waals surface area contributed by atoms with Crippen molar-refractivity contribution in [2.75, 3.05) is 19.8 Å². The molecule has 0 spiro atoms. The number of hydrogen-bond donors (Lipinski definition) is 4. The van der Waals surface area contributed by atoms with Gasteiger partial charge in [0.05, 0.1) is 13.2 Å². The third kappa shape index (κ3) is 32.7. The summed E-state index contributed by atoms with van der Waals surface area (Å²) in [7, 11) is 0. The fourth-order valence-corrected chi connectivity index (χ4v) is 6.99. The number of carbonyl (C=O) groups excluding carboxylic acids is 2. The summed E-state index contributed by atoms with van der Waals surface area (Å²) in [4.78, 5) is 25.4. The number of allylic oxidation sites excluding steroid dienone is 10. The van der Waals surface area contributed by atoms with Crippen molar-refractivity contribution in [1.82, 2.24) is 0 Å². The molecule has 1 fully saturated rings. The van der Waals surface area contributed by atoms with E-state index in [-0.39, 0.29) is 32.0 Å². The lowest BCUT2D eigenvalue weighted by molar-refractivity contribution is -0.305. The van der Waals surface area contributed by atoms with E-state index in [1.54, 1.807) is 0 Å². The molecule has 4 N–H and O–H groups in total. The van der Waals surface area contributed by atoms with E-state index in [4.69, 9.17) is 18.9 Å². The molecule has 0 aromatic carbocycles. The van der Waals surface area contributed by atoms with E-state index in [9.17, 15) is 30.0 Å². The van der Waals surface area contributed by atoms with Crippen LogP contribution in [0.4, 0.5) is 0 Å². The van der Waals surface area contributed by atoms with Crippen LogP contribution in [0, 0.1) is 0 Å². The molecule has 6 atom stereocenters. The van der Waals surface area contributed by atoms with Crippen LogP contribution >= 0.6 is 0 Å². The summed E-state index contributed by atoms with van der Waals surface area (Å²) in [6, 6.07) is 0. The molecule has 0 aromatic heterocycles. The zero-order valence-electron chi connectivity index (χ0n) is 38.4. The van der Waals surface area contributed by atoms with Crippen LogP contribution in [0.2, 0.25) is 0 Å². The van der Waals surface area contributed by atoms with Gasteiger partial charge in [-0.25, -0.2) is 0 Å². The van der Waals surface area contributed by atoms with Gasteiger partial charge in [-0.15, -0.1) is 0 Å². The zero-order chi connectivity index (χ0) is 44.4. The Kier molecular flexibility index (Phi) is 38.3. The number of ether oxygens (including phenoxy) is 4. The van der Waals surface area contributed by atoms with Gasteiger partial charge in [0.2, 0.25) is 0 Å². The average Bonchev–Trinajstić information content (AvgIpc) is 3.26. The van der Waals surface area contributed by atoms with Gasteiger partial charge in [-0.1, -0.05) is 158 Å². The predicted molar refractivity (Wildman–Crippen MR) is 247 cm³/mol. The second-order valence-electron chi connectivity index (χ2n) is 16.6. The van der Waals surface area contributed by atoms with Crippen molar-refractivity contribution in [3.8, 4) is 0 Å². The number of carbonyl (C=O) groups is 2. The van der Waals surface area contributed by atoms with Crippen molar-refractivity contribution in [2.45, 2.75) is 230 Å².